The van der Waals surface area contributed by atoms with Gasteiger partial charge in [0.15, 0.2) is 5.96 Å². The van der Waals surface area contributed by atoms with Crippen LogP contribution in [0.1, 0.15) is 57.8 Å². The molecule has 1 saturated heterocycles. The Morgan fingerprint density at radius 2 is 2.18 bits per heavy atom. The van der Waals surface area contributed by atoms with Crippen LogP contribution in [0.4, 0.5) is 0 Å². The number of likely N-dealkylation sites (tertiary alicyclic amines) is 1. The Labute approximate surface area is 189 Å². The molecule has 2 aromatic heterocycles. The Bertz CT molecular complexity index is 749. The number of aromatic nitrogens is 3. The third-order valence-corrected chi connectivity index (χ3v) is 5.98. The molecule has 0 radical (unpaired) electrons. The lowest BCUT2D eigenvalue weighted by molar-refractivity contribution is 0.189. The van der Waals surface area contributed by atoms with Crippen molar-refractivity contribution in [2.24, 2.45) is 10.9 Å². The lowest BCUT2D eigenvalue weighted by atomic mass is 9.93. The summed E-state index contributed by atoms with van der Waals surface area (Å²) in [6, 6.07) is 0.428. The van der Waals surface area contributed by atoms with E-state index in [1.807, 2.05) is 12.5 Å². The van der Waals surface area contributed by atoms with Gasteiger partial charge in [0.1, 0.15) is 5.01 Å². The molecule has 0 saturated carbocycles. The van der Waals surface area contributed by atoms with Crippen LogP contribution >= 0.6 is 35.3 Å². The standard InChI is InChI=1S/C20H32N6S.HI/c1-6-22-19(23-11-18-24-17(13-27-18)20(3,4)5)25-9-7-15(2)16(12-25)26-10-8-21-14-26;/h8,10,13-16H,6-7,9,11-12H2,1-5H3,(H,22,23);1H. The second kappa shape index (κ2) is 10.0. The molecule has 0 bridgehead atoms. The van der Waals surface area contributed by atoms with Gasteiger partial charge >= 0.3 is 0 Å². The van der Waals surface area contributed by atoms with Crippen LogP contribution in [0, 0.1) is 5.92 Å². The summed E-state index contributed by atoms with van der Waals surface area (Å²) in [5.41, 5.74) is 1.24. The smallest absolute Gasteiger partial charge is 0.194 e. The first-order valence-corrected chi connectivity index (χ1v) is 10.7. The molecule has 2 aromatic rings. The highest BCUT2D eigenvalue weighted by Gasteiger charge is 2.29. The summed E-state index contributed by atoms with van der Waals surface area (Å²) in [6.07, 6.45) is 7.01. The Balaban J connectivity index is 0.00000280. The van der Waals surface area contributed by atoms with E-state index in [2.05, 4.69) is 66.0 Å². The van der Waals surface area contributed by atoms with E-state index in [9.17, 15) is 0 Å². The lowest BCUT2D eigenvalue weighted by Crippen LogP contribution is -2.49. The predicted molar refractivity (Wildman–Crippen MR) is 128 cm³/mol. The zero-order valence-electron chi connectivity index (χ0n) is 17.6. The molecular weight excluding hydrogens is 483 g/mol. The first kappa shape index (κ1) is 23.1. The van der Waals surface area contributed by atoms with Gasteiger partial charge in [-0.05, 0) is 19.3 Å². The highest BCUT2D eigenvalue weighted by atomic mass is 127. The van der Waals surface area contributed by atoms with Gasteiger partial charge in [-0.1, -0.05) is 27.7 Å². The normalized spacial score (nSPS) is 20.8. The Morgan fingerprint density at radius 3 is 2.79 bits per heavy atom. The quantitative estimate of drug-likeness (QED) is 0.374. The van der Waals surface area contributed by atoms with Crippen LogP contribution in [0.25, 0.3) is 0 Å². The van der Waals surface area contributed by atoms with Gasteiger partial charge in [-0.3, -0.25) is 0 Å². The molecular formula is C20H33IN6S. The van der Waals surface area contributed by atoms with Crippen molar-refractivity contribution >= 4 is 41.3 Å². The van der Waals surface area contributed by atoms with E-state index in [1.165, 1.54) is 0 Å². The summed E-state index contributed by atoms with van der Waals surface area (Å²) in [5, 5.41) is 6.71. The SMILES string of the molecule is CCNC(=NCc1nc(C(C)(C)C)cs1)N1CCC(C)C(n2ccnc2)C1.I. The van der Waals surface area contributed by atoms with Crippen LogP contribution in [-0.4, -0.2) is 45.0 Å². The Hall–Kier alpha value is -1.16. The highest BCUT2D eigenvalue weighted by molar-refractivity contribution is 14.0. The van der Waals surface area contributed by atoms with Crippen molar-refractivity contribution in [1.29, 1.82) is 0 Å². The molecule has 3 rings (SSSR count). The highest BCUT2D eigenvalue weighted by Crippen LogP contribution is 2.28. The number of guanidine groups is 1. The first-order chi connectivity index (χ1) is 12.9. The van der Waals surface area contributed by atoms with Gasteiger partial charge in [0.25, 0.3) is 0 Å². The molecule has 8 heteroatoms. The van der Waals surface area contributed by atoms with Gasteiger partial charge in [-0.25, -0.2) is 15.0 Å². The van der Waals surface area contributed by atoms with Gasteiger partial charge < -0.3 is 14.8 Å². The molecule has 1 N–H and O–H groups in total. The predicted octanol–water partition coefficient (Wildman–Crippen LogP) is 4.30. The molecule has 2 unspecified atom stereocenters. The number of halogens is 1. The maximum Gasteiger partial charge on any atom is 0.194 e. The molecule has 28 heavy (non-hydrogen) atoms. The van der Waals surface area contributed by atoms with Crippen LogP contribution in [-0.2, 0) is 12.0 Å². The van der Waals surface area contributed by atoms with E-state index in [0.717, 1.165) is 42.7 Å². The van der Waals surface area contributed by atoms with Crippen molar-refractivity contribution in [2.45, 2.75) is 59.0 Å². The van der Waals surface area contributed by atoms with Gasteiger partial charge in [0.2, 0.25) is 0 Å². The summed E-state index contributed by atoms with van der Waals surface area (Å²) in [6.45, 7) is 14.5. The van der Waals surface area contributed by atoms with E-state index in [-0.39, 0.29) is 29.4 Å². The largest absolute Gasteiger partial charge is 0.357 e. The third kappa shape index (κ3) is 5.68. The maximum absolute atomic E-state index is 4.90. The van der Waals surface area contributed by atoms with E-state index in [1.54, 1.807) is 11.3 Å². The molecule has 0 aromatic carbocycles. The van der Waals surface area contributed by atoms with Crippen molar-refractivity contribution in [3.63, 3.8) is 0 Å². The Kier molecular flexibility index (Phi) is 8.30. The zero-order chi connectivity index (χ0) is 19.4. The average Bonchev–Trinajstić information content (AvgIpc) is 3.30. The summed E-state index contributed by atoms with van der Waals surface area (Å²) >= 11 is 1.71. The molecule has 0 aliphatic carbocycles. The van der Waals surface area contributed by atoms with Crippen LogP contribution < -0.4 is 5.32 Å². The van der Waals surface area contributed by atoms with Gasteiger partial charge in [-0.2, -0.15) is 0 Å². The van der Waals surface area contributed by atoms with Crippen molar-refractivity contribution in [3.8, 4) is 0 Å². The molecule has 156 valence electrons. The number of piperidine rings is 1. The van der Waals surface area contributed by atoms with Crippen LogP contribution in [0.3, 0.4) is 0 Å². The summed E-state index contributed by atoms with van der Waals surface area (Å²) in [4.78, 5) is 16.3. The Morgan fingerprint density at radius 1 is 1.39 bits per heavy atom. The first-order valence-electron chi connectivity index (χ1n) is 9.84. The van der Waals surface area contributed by atoms with E-state index in [4.69, 9.17) is 9.98 Å². The second-order valence-electron chi connectivity index (χ2n) is 8.34. The van der Waals surface area contributed by atoms with E-state index < -0.39 is 0 Å². The number of hydrogen-bond acceptors (Lipinski definition) is 4. The number of thiazole rings is 1. The maximum atomic E-state index is 4.90. The molecule has 1 fully saturated rings. The fraction of sp³-hybridized carbons (Fsp3) is 0.650. The number of rotatable bonds is 4. The second-order valence-corrected chi connectivity index (χ2v) is 9.28. The van der Waals surface area contributed by atoms with E-state index >= 15 is 0 Å². The molecule has 1 aliphatic heterocycles. The third-order valence-electron chi connectivity index (χ3n) is 5.15. The van der Waals surface area contributed by atoms with Crippen molar-refractivity contribution in [1.82, 2.24) is 24.8 Å². The van der Waals surface area contributed by atoms with Crippen LogP contribution in [0.15, 0.2) is 29.1 Å². The average molecular weight is 516 g/mol. The van der Waals surface area contributed by atoms with Crippen LogP contribution in [0.2, 0.25) is 0 Å². The number of hydrogen-bond donors (Lipinski definition) is 1. The van der Waals surface area contributed by atoms with Gasteiger partial charge in [0.05, 0.1) is 24.6 Å². The van der Waals surface area contributed by atoms with Gasteiger partial charge in [-0.15, -0.1) is 35.3 Å². The fourth-order valence-corrected chi connectivity index (χ4v) is 4.34. The van der Waals surface area contributed by atoms with Crippen LogP contribution in [0.5, 0.6) is 0 Å². The molecule has 1 aliphatic rings. The molecule has 6 nitrogen and oxygen atoms in total. The fourth-order valence-electron chi connectivity index (χ4n) is 3.39. The molecule has 0 spiro atoms. The van der Waals surface area contributed by atoms with Crippen molar-refractivity contribution < 1.29 is 0 Å². The summed E-state index contributed by atoms with van der Waals surface area (Å²) in [7, 11) is 0. The molecule has 0 amide bonds. The molecule has 3 heterocycles. The van der Waals surface area contributed by atoms with Crippen molar-refractivity contribution in [2.75, 3.05) is 19.6 Å². The topological polar surface area (TPSA) is 58.3 Å². The number of imidazole rings is 1. The number of aliphatic imine (C=N–C) groups is 1. The van der Waals surface area contributed by atoms with E-state index in [0.29, 0.717) is 18.5 Å². The summed E-state index contributed by atoms with van der Waals surface area (Å²) < 4.78 is 2.23. The minimum atomic E-state index is 0. The van der Waals surface area contributed by atoms with Gasteiger partial charge in [0, 0.05) is 42.8 Å². The monoisotopic (exact) mass is 516 g/mol. The van der Waals surface area contributed by atoms with Crippen molar-refractivity contribution in [3.05, 3.63) is 34.8 Å². The molecule has 2 atom stereocenters. The minimum absolute atomic E-state index is 0. The minimum Gasteiger partial charge on any atom is -0.357 e. The zero-order valence-corrected chi connectivity index (χ0v) is 20.7. The number of nitrogens with one attached hydrogen (secondary N) is 1. The lowest BCUT2D eigenvalue weighted by Gasteiger charge is -2.39. The number of nitrogens with zero attached hydrogens (tertiary/aromatic N) is 5. The summed E-state index contributed by atoms with van der Waals surface area (Å²) in [5.74, 6) is 1.62.